The van der Waals surface area contributed by atoms with Crippen molar-refractivity contribution in [3.05, 3.63) is 0 Å². The van der Waals surface area contributed by atoms with E-state index in [1.54, 1.807) is 10.8 Å². The van der Waals surface area contributed by atoms with Gasteiger partial charge in [0.15, 0.2) is 0 Å². The molecule has 0 aromatic carbocycles. The van der Waals surface area contributed by atoms with Gasteiger partial charge in [0, 0.05) is 5.75 Å². The van der Waals surface area contributed by atoms with Gasteiger partial charge in [0.2, 0.25) is 0 Å². The van der Waals surface area contributed by atoms with Gasteiger partial charge in [-0.25, -0.2) is 0 Å². The predicted molar refractivity (Wildman–Crippen MR) is 59.4 cm³/mol. The molecule has 0 aliphatic heterocycles. The van der Waals surface area contributed by atoms with Gasteiger partial charge >= 0.3 is 0 Å². The van der Waals surface area contributed by atoms with Crippen molar-refractivity contribution in [2.24, 2.45) is 5.92 Å². The summed E-state index contributed by atoms with van der Waals surface area (Å²) in [5.74, 6) is 2.13. The summed E-state index contributed by atoms with van der Waals surface area (Å²) in [6.07, 6.45) is 6.86. The van der Waals surface area contributed by atoms with Crippen LogP contribution in [0.25, 0.3) is 0 Å². The highest BCUT2D eigenvalue weighted by Gasteiger charge is 2.03. The van der Waals surface area contributed by atoms with Crippen molar-refractivity contribution in [2.45, 2.75) is 46.0 Å². The molecule has 2 heteroatoms. The summed E-state index contributed by atoms with van der Waals surface area (Å²) in [6.45, 7) is 4.54. The molecule has 0 heterocycles. The highest BCUT2D eigenvalue weighted by atomic mass is 33.1. The first-order valence-corrected chi connectivity index (χ1v) is 6.65. The van der Waals surface area contributed by atoms with Gasteiger partial charge in [-0.3, -0.25) is 0 Å². The zero-order valence-corrected chi connectivity index (χ0v) is 9.39. The van der Waals surface area contributed by atoms with E-state index in [1.807, 2.05) is 0 Å². The van der Waals surface area contributed by atoms with E-state index >= 15 is 0 Å². The van der Waals surface area contributed by atoms with Gasteiger partial charge in [0.05, 0.1) is 0 Å². The summed E-state index contributed by atoms with van der Waals surface area (Å²) in [5, 5.41) is 0. The first kappa shape index (κ1) is 11.7. The van der Waals surface area contributed by atoms with E-state index in [9.17, 15) is 0 Å². The van der Waals surface area contributed by atoms with Crippen molar-refractivity contribution in [2.75, 3.05) is 5.75 Å². The van der Waals surface area contributed by atoms with Gasteiger partial charge in [-0.15, -0.1) is 11.7 Å². The Bertz CT molecular complexity index is 74.0. The van der Waals surface area contributed by atoms with E-state index < -0.39 is 0 Å². The fourth-order valence-corrected chi connectivity index (χ4v) is 2.44. The molecule has 0 aliphatic rings. The number of unbranched alkanes of at least 4 members (excludes halogenated alkanes) is 2. The fraction of sp³-hybridized carbons (Fsp3) is 1.00. The van der Waals surface area contributed by atoms with Crippen molar-refractivity contribution in [3.63, 3.8) is 0 Å². The first-order chi connectivity index (χ1) is 5.35. The summed E-state index contributed by atoms with van der Waals surface area (Å²) in [4.78, 5) is 0. The molecule has 0 bridgehead atoms. The highest BCUT2D eigenvalue weighted by Crippen LogP contribution is 2.20. The third-order valence-electron chi connectivity index (χ3n) is 2.10. The van der Waals surface area contributed by atoms with E-state index in [0.717, 1.165) is 5.92 Å². The number of hydrogen-bond acceptors (Lipinski definition) is 2. The zero-order chi connectivity index (χ0) is 8.53. The van der Waals surface area contributed by atoms with Crippen LogP contribution in [0.5, 0.6) is 0 Å². The molecule has 0 saturated heterocycles. The minimum absolute atomic E-state index is 0.907. The van der Waals surface area contributed by atoms with Crippen LogP contribution in [0.4, 0.5) is 0 Å². The van der Waals surface area contributed by atoms with Crippen molar-refractivity contribution < 1.29 is 0 Å². The van der Waals surface area contributed by atoms with Gasteiger partial charge in [-0.05, 0) is 12.3 Å². The van der Waals surface area contributed by atoms with Crippen LogP contribution in [-0.4, -0.2) is 5.75 Å². The summed E-state index contributed by atoms with van der Waals surface area (Å²) >= 11 is 4.18. The van der Waals surface area contributed by atoms with E-state index in [-0.39, 0.29) is 0 Å². The van der Waals surface area contributed by atoms with Crippen LogP contribution in [0.1, 0.15) is 46.0 Å². The Morgan fingerprint density at radius 2 is 2.00 bits per heavy atom. The van der Waals surface area contributed by atoms with Gasteiger partial charge in [-0.2, -0.15) is 0 Å². The number of hydrogen-bond donors (Lipinski definition) is 1. The normalized spacial score (nSPS) is 13.4. The van der Waals surface area contributed by atoms with Crippen LogP contribution in [0.15, 0.2) is 0 Å². The lowest BCUT2D eigenvalue weighted by atomic mass is 10.0. The molecule has 0 N–H and O–H groups in total. The maximum absolute atomic E-state index is 4.18. The van der Waals surface area contributed by atoms with Gasteiger partial charge in [0.1, 0.15) is 0 Å². The molecule has 0 saturated carbocycles. The molecule has 0 spiro atoms. The largest absolute Gasteiger partial charge is 0.111 e. The molecule has 0 nitrogen and oxygen atoms in total. The minimum atomic E-state index is 0.907. The van der Waals surface area contributed by atoms with E-state index in [1.165, 1.54) is 37.9 Å². The average molecular weight is 192 g/mol. The second-order valence-electron chi connectivity index (χ2n) is 3.07. The zero-order valence-electron chi connectivity index (χ0n) is 7.68. The molecule has 0 aromatic heterocycles. The van der Waals surface area contributed by atoms with Crippen LogP contribution in [0.2, 0.25) is 0 Å². The second kappa shape index (κ2) is 8.79. The van der Waals surface area contributed by atoms with Gasteiger partial charge in [0.25, 0.3) is 0 Å². The average Bonchev–Trinajstić information content (AvgIpc) is 2.03. The summed E-state index contributed by atoms with van der Waals surface area (Å²) in [6, 6.07) is 0. The standard InChI is InChI=1S/C9H20S2/c1-3-5-6-7-9(4-2)8-11-10/h9-10H,3-8H2,1-2H3. The Morgan fingerprint density at radius 1 is 1.27 bits per heavy atom. The Labute approximate surface area is 80.3 Å². The molecule has 0 amide bonds. The van der Waals surface area contributed by atoms with Crippen LogP contribution < -0.4 is 0 Å². The van der Waals surface area contributed by atoms with Gasteiger partial charge in [-0.1, -0.05) is 50.3 Å². The lowest BCUT2D eigenvalue weighted by molar-refractivity contribution is 0.490. The molecule has 11 heavy (non-hydrogen) atoms. The van der Waals surface area contributed by atoms with Crippen LogP contribution in [0.3, 0.4) is 0 Å². The van der Waals surface area contributed by atoms with E-state index in [2.05, 4.69) is 25.5 Å². The van der Waals surface area contributed by atoms with Crippen molar-refractivity contribution in [1.82, 2.24) is 0 Å². The monoisotopic (exact) mass is 192 g/mol. The van der Waals surface area contributed by atoms with Crippen LogP contribution in [0, 0.1) is 5.92 Å². The maximum Gasteiger partial charge on any atom is 0.00627 e. The molecule has 0 aromatic rings. The van der Waals surface area contributed by atoms with E-state index in [4.69, 9.17) is 0 Å². The number of thiol groups is 1. The summed E-state index contributed by atoms with van der Waals surface area (Å²) in [7, 11) is 1.69. The van der Waals surface area contributed by atoms with E-state index in [0.29, 0.717) is 0 Å². The van der Waals surface area contributed by atoms with Crippen LogP contribution in [-0.2, 0) is 0 Å². The molecular weight excluding hydrogens is 172 g/mol. The third kappa shape index (κ3) is 7.07. The van der Waals surface area contributed by atoms with Crippen molar-refractivity contribution >= 4 is 22.5 Å². The Morgan fingerprint density at radius 3 is 2.45 bits per heavy atom. The molecule has 68 valence electrons. The van der Waals surface area contributed by atoms with Crippen molar-refractivity contribution in [1.29, 1.82) is 0 Å². The Balaban J connectivity index is 3.20. The Hall–Kier alpha value is 0.700. The molecule has 1 unspecified atom stereocenters. The maximum atomic E-state index is 4.18. The third-order valence-corrected chi connectivity index (χ3v) is 3.17. The molecule has 0 radical (unpaired) electrons. The van der Waals surface area contributed by atoms with Crippen LogP contribution >= 0.6 is 22.5 Å². The SMILES string of the molecule is CCCCCC(CC)CSS. The quantitative estimate of drug-likeness (QED) is 0.359. The lowest BCUT2D eigenvalue weighted by Gasteiger charge is -2.11. The smallest absolute Gasteiger partial charge is 0.00627 e. The molecule has 0 fully saturated rings. The van der Waals surface area contributed by atoms with Gasteiger partial charge < -0.3 is 0 Å². The highest BCUT2D eigenvalue weighted by molar-refractivity contribution is 8.68. The molecule has 0 aliphatic carbocycles. The fourth-order valence-electron chi connectivity index (χ4n) is 1.19. The second-order valence-corrected chi connectivity index (χ2v) is 4.43. The summed E-state index contributed by atoms with van der Waals surface area (Å²) in [5.41, 5.74) is 0. The molecule has 0 rings (SSSR count). The topological polar surface area (TPSA) is 0 Å². The minimum Gasteiger partial charge on any atom is -0.111 e. The van der Waals surface area contributed by atoms with Crippen molar-refractivity contribution in [3.8, 4) is 0 Å². The summed E-state index contributed by atoms with van der Waals surface area (Å²) < 4.78 is 0. The predicted octanol–water partition coefficient (Wildman–Crippen LogP) is 4.17. The Kier molecular flexibility index (Phi) is 9.35. The number of rotatable bonds is 7. The first-order valence-electron chi connectivity index (χ1n) is 4.61. The molecule has 1 atom stereocenters. The molecular formula is C9H20S2. The lowest BCUT2D eigenvalue weighted by Crippen LogP contribution is -2.00.